The quantitative estimate of drug-likeness (QED) is 0.743. The molecule has 0 atom stereocenters. The van der Waals surface area contributed by atoms with E-state index in [1.54, 1.807) is 26.0 Å². The van der Waals surface area contributed by atoms with E-state index in [9.17, 15) is 15.2 Å². The Bertz CT molecular complexity index is 567. The third kappa shape index (κ3) is 4.30. The van der Waals surface area contributed by atoms with E-state index in [0.29, 0.717) is 0 Å². The van der Waals surface area contributed by atoms with Crippen LogP contribution in [0, 0.1) is 13.8 Å². The van der Waals surface area contributed by atoms with E-state index in [1.807, 2.05) is 0 Å². The lowest BCUT2D eigenvalue weighted by Gasteiger charge is -2.22. The van der Waals surface area contributed by atoms with E-state index in [1.165, 1.54) is 24.3 Å². The molecule has 0 unspecified atom stereocenters. The summed E-state index contributed by atoms with van der Waals surface area (Å²) in [5.41, 5.74) is 1.68. The van der Waals surface area contributed by atoms with Crippen LogP contribution in [0.3, 0.4) is 0 Å². The van der Waals surface area contributed by atoms with Gasteiger partial charge in [-0.3, -0.25) is 0 Å². The molecule has 2 rings (SSSR count). The summed E-state index contributed by atoms with van der Waals surface area (Å²) in [7, 11) is -1.89. The Morgan fingerprint density at radius 1 is 0.857 bits per heavy atom. The van der Waals surface area contributed by atoms with Gasteiger partial charge in [-0.15, -0.1) is 0 Å². The van der Waals surface area contributed by atoms with Gasteiger partial charge in [0, 0.05) is 0 Å². The van der Waals surface area contributed by atoms with Gasteiger partial charge in [-0.2, -0.15) is 0 Å². The van der Waals surface area contributed by atoms with Crippen LogP contribution in [0.25, 0.3) is 0 Å². The molecule has 0 radical (unpaired) electrons. The number of phenolic OH excluding ortho intramolecular Hbond substituents is 2. The van der Waals surface area contributed by atoms with Gasteiger partial charge < -0.3 is 30.7 Å². The van der Waals surface area contributed by atoms with E-state index < -0.39 is 7.32 Å². The molecule has 0 bridgehead atoms. The minimum Gasteiger partial charge on any atom is -0.808 e. The van der Waals surface area contributed by atoms with Crippen molar-refractivity contribution in [3.8, 4) is 23.0 Å². The van der Waals surface area contributed by atoms with E-state index in [0.717, 1.165) is 11.1 Å². The molecule has 112 valence electrons. The zero-order valence-corrected chi connectivity index (χ0v) is 12.2. The summed E-state index contributed by atoms with van der Waals surface area (Å²) in [6.07, 6.45) is 0. The van der Waals surface area contributed by atoms with Crippen molar-refractivity contribution in [2.45, 2.75) is 13.8 Å². The molecule has 0 aliphatic carbocycles. The number of aryl methyl sites for hydroxylation is 2. The van der Waals surface area contributed by atoms with Gasteiger partial charge in [-0.05, 0) is 49.2 Å². The predicted molar refractivity (Wildman–Crippen MR) is 78.7 cm³/mol. The summed E-state index contributed by atoms with van der Waals surface area (Å²) >= 11 is 0. The lowest BCUT2D eigenvalue weighted by atomic mass is 10.1. The predicted octanol–water partition coefficient (Wildman–Crippen LogP) is 1.89. The van der Waals surface area contributed by atoms with E-state index >= 15 is 0 Å². The van der Waals surface area contributed by atoms with Gasteiger partial charge in [0.1, 0.15) is 11.5 Å². The Labute approximate surface area is 123 Å². The average Bonchev–Trinajstić information content (AvgIpc) is 2.36. The molecule has 0 aromatic heterocycles. The van der Waals surface area contributed by atoms with E-state index in [-0.39, 0.29) is 29.1 Å². The van der Waals surface area contributed by atoms with Crippen molar-refractivity contribution in [3.05, 3.63) is 47.5 Å². The molecule has 0 aliphatic heterocycles. The van der Waals surface area contributed by atoms with Crippen LogP contribution in [0.2, 0.25) is 0 Å². The second kappa shape index (κ2) is 6.87. The Kier molecular flexibility index (Phi) is 5.46. The van der Waals surface area contributed by atoms with Crippen LogP contribution in [0.4, 0.5) is 0 Å². The molecule has 6 nitrogen and oxygen atoms in total. The van der Waals surface area contributed by atoms with Gasteiger partial charge in [-0.1, -0.05) is 12.1 Å². The molecular formula is C14H18BNO5. The number of hydrogen-bond donors (Lipinski definition) is 3. The smallest absolute Gasteiger partial charge is 0.492 e. The minimum absolute atomic E-state index is 0. The molecule has 0 aliphatic rings. The third-order valence-corrected chi connectivity index (χ3v) is 2.68. The number of rotatable bonds is 4. The second-order valence-corrected chi connectivity index (χ2v) is 4.47. The summed E-state index contributed by atoms with van der Waals surface area (Å²) in [6, 6.07) is 9.31. The first kappa shape index (κ1) is 16.7. The third-order valence-electron chi connectivity index (χ3n) is 2.68. The van der Waals surface area contributed by atoms with Crippen LogP contribution in [0.5, 0.6) is 23.0 Å². The highest BCUT2D eigenvalue weighted by Crippen LogP contribution is 2.29. The summed E-state index contributed by atoms with van der Waals surface area (Å²) in [5, 5.41) is 30.9. The van der Waals surface area contributed by atoms with Gasteiger partial charge >= 0.3 is 7.32 Å². The van der Waals surface area contributed by atoms with Gasteiger partial charge in [0.15, 0.2) is 11.5 Å². The van der Waals surface area contributed by atoms with Crippen molar-refractivity contribution in [2.24, 2.45) is 0 Å². The fourth-order valence-electron chi connectivity index (χ4n) is 1.69. The zero-order chi connectivity index (χ0) is 14.7. The normalized spacial score (nSPS) is 9.67. The van der Waals surface area contributed by atoms with Crippen molar-refractivity contribution < 1.29 is 24.5 Å². The van der Waals surface area contributed by atoms with Crippen molar-refractivity contribution in [2.75, 3.05) is 0 Å². The summed E-state index contributed by atoms with van der Waals surface area (Å²) in [5.74, 6) is -0.213. The van der Waals surface area contributed by atoms with Crippen molar-refractivity contribution in [1.82, 2.24) is 6.15 Å². The highest BCUT2D eigenvalue weighted by atomic mass is 16.7. The fraction of sp³-hybridized carbons (Fsp3) is 0.143. The molecule has 2 aromatic rings. The van der Waals surface area contributed by atoms with Gasteiger partial charge in [0.25, 0.3) is 0 Å². The highest BCUT2D eigenvalue weighted by Gasteiger charge is 2.12. The maximum absolute atomic E-state index is 11.7. The van der Waals surface area contributed by atoms with Crippen LogP contribution in [-0.2, 0) is 0 Å². The Balaban J connectivity index is 0.00000220. The molecule has 0 saturated carbocycles. The number of benzene rings is 2. The molecule has 0 heterocycles. The van der Waals surface area contributed by atoms with Crippen LogP contribution in [-0.4, -0.2) is 17.5 Å². The van der Waals surface area contributed by atoms with Crippen LogP contribution in [0.1, 0.15) is 11.1 Å². The molecule has 0 spiro atoms. The van der Waals surface area contributed by atoms with E-state index in [4.69, 9.17) is 9.31 Å². The van der Waals surface area contributed by atoms with Crippen LogP contribution >= 0.6 is 0 Å². The Hall–Kier alpha value is -2.38. The molecule has 7 heteroatoms. The molecule has 2 aromatic carbocycles. The maximum atomic E-state index is 11.7. The van der Waals surface area contributed by atoms with Gasteiger partial charge in [-0.25, -0.2) is 0 Å². The number of hydrogen-bond acceptors (Lipinski definition) is 5. The van der Waals surface area contributed by atoms with Crippen LogP contribution < -0.4 is 20.5 Å². The fourth-order valence-corrected chi connectivity index (χ4v) is 1.69. The number of aromatic hydroxyl groups is 2. The average molecular weight is 291 g/mol. The summed E-state index contributed by atoms with van der Waals surface area (Å²) < 4.78 is 9.90. The van der Waals surface area contributed by atoms with Gasteiger partial charge in [0.05, 0.1) is 0 Å². The van der Waals surface area contributed by atoms with E-state index in [2.05, 4.69) is 0 Å². The molecule has 0 saturated heterocycles. The van der Waals surface area contributed by atoms with Crippen molar-refractivity contribution in [1.29, 1.82) is 0 Å². The molecular weight excluding hydrogens is 273 g/mol. The summed E-state index contributed by atoms with van der Waals surface area (Å²) in [6.45, 7) is 3.61. The first-order valence-corrected chi connectivity index (χ1v) is 6.04. The number of phenols is 2. The first-order valence-electron chi connectivity index (χ1n) is 6.04. The molecule has 21 heavy (non-hydrogen) atoms. The van der Waals surface area contributed by atoms with Crippen LogP contribution in [0.15, 0.2) is 36.4 Å². The molecule has 0 fully saturated rings. The maximum Gasteiger partial charge on any atom is 0.492 e. The Morgan fingerprint density at radius 3 is 1.57 bits per heavy atom. The minimum atomic E-state index is -1.89. The topological polar surface area (TPSA) is 118 Å². The lowest BCUT2D eigenvalue weighted by molar-refractivity contribution is -0.235. The largest absolute Gasteiger partial charge is 0.808 e. The van der Waals surface area contributed by atoms with Gasteiger partial charge in [0.2, 0.25) is 0 Å². The monoisotopic (exact) mass is 291 g/mol. The molecule has 6 N–H and O–H groups in total. The second-order valence-electron chi connectivity index (χ2n) is 4.47. The van der Waals surface area contributed by atoms with Crippen molar-refractivity contribution in [3.63, 3.8) is 0 Å². The van der Waals surface area contributed by atoms with Crippen molar-refractivity contribution >= 4 is 7.32 Å². The summed E-state index contributed by atoms with van der Waals surface area (Å²) in [4.78, 5) is 0. The standard InChI is InChI=1S/C14H14BO5.H3N/c1-9-3-5-13(11(16)7-9)19-15(18)20-14-6-4-10(2)8-12(14)17;/h3-8,16-17H,1-2H3;1H3/q-1;/p+1. The highest BCUT2D eigenvalue weighted by molar-refractivity contribution is 6.34. The lowest BCUT2D eigenvalue weighted by Crippen LogP contribution is -2.43. The Morgan fingerprint density at radius 2 is 1.24 bits per heavy atom. The first-order chi connectivity index (χ1) is 9.45. The SMILES string of the molecule is Cc1ccc(OB([O-])Oc2ccc(C)cc2O)c(O)c1.[NH4+]. The number of quaternary nitrogens is 1. The zero-order valence-electron chi connectivity index (χ0n) is 12.2. The molecule has 0 amide bonds.